The van der Waals surface area contributed by atoms with Gasteiger partial charge in [-0.2, -0.15) is 0 Å². The molecule has 0 aromatic carbocycles. The molecule has 0 N–H and O–H groups in total. The van der Waals surface area contributed by atoms with Gasteiger partial charge in [0.2, 0.25) is 0 Å². The fourth-order valence-electron chi connectivity index (χ4n) is 3.46. The number of hydrogen-bond acceptors (Lipinski definition) is 4. The summed E-state index contributed by atoms with van der Waals surface area (Å²) in [7, 11) is 1.42. The van der Waals surface area contributed by atoms with Gasteiger partial charge in [-0.15, -0.1) is 0 Å². The Balaban J connectivity index is 2.08. The lowest BCUT2D eigenvalue weighted by atomic mass is 9.45. The van der Waals surface area contributed by atoms with Crippen LogP contribution in [0.3, 0.4) is 0 Å². The van der Waals surface area contributed by atoms with Gasteiger partial charge in [0.1, 0.15) is 5.60 Å². The van der Waals surface area contributed by atoms with Gasteiger partial charge >= 0.3 is 11.9 Å². The minimum absolute atomic E-state index is 0.144. The average molecular weight is 254 g/mol. The van der Waals surface area contributed by atoms with E-state index in [4.69, 9.17) is 9.47 Å². The van der Waals surface area contributed by atoms with Crippen LogP contribution in [-0.4, -0.2) is 24.6 Å². The van der Waals surface area contributed by atoms with E-state index in [2.05, 4.69) is 0 Å². The first-order valence-corrected chi connectivity index (χ1v) is 6.55. The molecule has 0 radical (unpaired) electrons. The number of hydrogen-bond donors (Lipinski definition) is 0. The first-order chi connectivity index (χ1) is 8.23. The summed E-state index contributed by atoms with van der Waals surface area (Å²) in [6.45, 7) is 5.61. The zero-order chi connectivity index (χ0) is 13.6. The van der Waals surface area contributed by atoms with Crippen molar-refractivity contribution in [1.29, 1.82) is 0 Å². The second-order valence-electron chi connectivity index (χ2n) is 6.76. The quantitative estimate of drug-likeness (QED) is 0.710. The highest BCUT2D eigenvalue weighted by Crippen LogP contribution is 2.64. The molecule has 3 saturated carbocycles. The van der Waals surface area contributed by atoms with Crippen molar-refractivity contribution in [3.63, 3.8) is 0 Å². The molecule has 102 valence electrons. The van der Waals surface area contributed by atoms with Crippen LogP contribution in [0.4, 0.5) is 0 Å². The summed E-state index contributed by atoms with van der Waals surface area (Å²) in [4.78, 5) is 24.1. The Labute approximate surface area is 108 Å². The molecule has 0 aliphatic heterocycles. The van der Waals surface area contributed by atoms with Crippen molar-refractivity contribution in [1.82, 2.24) is 0 Å². The molecule has 0 aromatic rings. The summed E-state index contributed by atoms with van der Waals surface area (Å²) < 4.78 is 10.4. The molecule has 0 aromatic heterocycles. The molecule has 3 aliphatic rings. The zero-order valence-electron chi connectivity index (χ0n) is 11.7. The second-order valence-corrected chi connectivity index (χ2v) is 6.76. The molecule has 4 heteroatoms. The second kappa shape index (κ2) is 3.97. The van der Waals surface area contributed by atoms with E-state index in [1.807, 2.05) is 20.8 Å². The highest BCUT2D eigenvalue weighted by molar-refractivity contribution is 5.86. The van der Waals surface area contributed by atoms with Gasteiger partial charge in [0.15, 0.2) is 0 Å². The summed E-state index contributed by atoms with van der Waals surface area (Å²) >= 11 is 0. The van der Waals surface area contributed by atoms with Gasteiger partial charge in [0.05, 0.1) is 17.9 Å². The Morgan fingerprint density at radius 3 is 1.94 bits per heavy atom. The van der Waals surface area contributed by atoms with Crippen LogP contribution in [0.25, 0.3) is 0 Å². The minimum atomic E-state index is -0.465. The molecule has 4 nitrogen and oxygen atoms in total. The first-order valence-electron chi connectivity index (χ1n) is 6.55. The van der Waals surface area contributed by atoms with Gasteiger partial charge in [0, 0.05) is 0 Å². The van der Waals surface area contributed by atoms with Crippen LogP contribution in [0.1, 0.15) is 52.9 Å². The number of ether oxygens (including phenoxy) is 2. The molecule has 0 heterocycles. The van der Waals surface area contributed by atoms with Crippen LogP contribution in [0.5, 0.6) is 0 Å². The Kier molecular flexibility index (Phi) is 2.95. The number of esters is 2. The number of carbonyl (C=O) groups excluding carboxylic acids is 2. The molecule has 3 fully saturated rings. The van der Waals surface area contributed by atoms with E-state index in [1.165, 1.54) is 7.11 Å². The summed E-state index contributed by atoms with van der Waals surface area (Å²) in [5.74, 6) is -0.310. The maximum absolute atomic E-state index is 12.3. The SMILES string of the molecule is COC(=O)C12CCCC(C(=O)OC(C)(C)C)(C1)C2. The van der Waals surface area contributed by atoms with Crippen molar-refractivity contribution < 1.29 is 19.1 Å². The summed E-state index contributed by atoms with van der Waals surface area (Å²) in [6.07, 6.45) is 3.77. The minimum Gasteiger partial charge on any atom is -0.469 e. The summed E-state index contributed by atoms with van der Waals surface area (Å²) in [5.41, 5.74) is -1.31. The molecule has 0 atom stereocenters. The van der Waals surface area contributed by atoms with E-state index < -0.39 is 16.4 Å². The molecule has 18 heavy (non-hydrogen) atoms. The molecular formula is C14H22O4. The van der Waals surface area contributed by atoms with Gasteiger partial charge < -0.3 is 9.47 Å². The van der Waals surface area contributed by atoms with E-state index in [1.54, 1.807) is 0 Å². The summed E-state index contributed by atoms with van der Waals surface area (Å²) in [6, 6.07) is 0. The molecule has 3 rings (SSSR count). The van der Waals surface area contributed by atoms with Crippen molar-refractivity contribution in [3.8, 4) is 0 Å². The van der Waals surface area contributed by atoms with Crippen LogP contribution in [0, 0.1) is 10.8 Å². The van der Waals surface area contributed by atoms with E-state index in [0.29, 0.717) is 12.8 Å². The number of rotatable bonds is 2. The van der Waals surface area contributed by atoms with Gasteiger partial charge in [-0.25, -0.2) is 0 Å². The lowest BCUT2D eigenvalue weighted by Crippen LogP contribution is -2.59. The van der Waals surface area contributed by atoms with Crippen LogP contribution in [0.15, 0.2) is 0 Å². The standard InChI is InChI=1S/C14H22O4/c1-12(2,3)18-11(16)14-7-5-6-13(8-14,9-14)10(15)17-4/h5-9H2,1-4H3. The highest BCUT2D eigenvalue weighted by Gasteiger charge is 2.66. The topological polar surface area (TPSA) is 52.6 Å². The predicted molar refractivity (Wildman–Crippen MR) is 65.8 cm³/mol. The van der Waals surface area contributed by atoms with Crippen molar-refractivity contribution in [2.24, 2.45) is 10.8 Å². The lowest BCUT2D eigenvalue weighted by molar-refractivity contribution is -0.202. The fourth-order valence-corrected chi connectivity index (χ4v) is 3.46. The molecule has 0 saturated heterocycles. The highest BCUT2D eigenvalue weighted by atomic mass is 16.6. The third-order valence-corrected chi connectivity index (χ3v) is 4.11. The Morgan fingerprint density at radius 1 is 1.00 bits per heavy atom. The zero-order valence-corrected chi connectivity index (χ0v) is 11.7. The largest absolute Gasteiger partial charge is 0.469 e. The number of methoxy groups -OCH3 is 1. The molecule has 0 amide bonds. The van der Waals surface area contributed by atoms with E-state index in [0.717, 1.165) is 19.3 Å². The summed E-state index contributed by atoms with van der Waals surface area (Å²) in [5, 5.41) is 0. The van der Waals surface area contributed by atoms with Crippen molar-refractivity contribution >= 4 is 11.9 Å². The normalized spacial score (nSPS) is 34.4. The van der Waals surface area contributed by atoms with Crippen LogP contribution in [0.2, 0.25) is 0 Å². The van der Waals surface area contributed by atoms with Gasteiger partial charge in [-0.1, -0.05) is 6.42 Å². The third kappa shape index (κ3) is 2.02. The number of fused-ring (bicyclic) bond motifs is 2. The molecule has 0 unspecified atom stereocenters. The molecule has 0 spiro atoms. The Bertz CT molecular complexity index is 372. The maximum Gasteiger partial charge on any atom is 0.312 e. The fraction of sp³-hybridized carbons (Fsp3) is 0.857. The number of carbonyl (C=O) groups is 2. The van der Waals surface area contributed by atoms with Crippen molar-refractivity contribution in [3.05, 3.63) is 0 Å². The third-order valence-electron chi connectivity index (χ3n) is 4.11. The Morgan fingerprint density at radius 2 is 1.50 bits per heavy atom. The maximum atomic E-state index is 12.3. The van der Waals surface area contributed by atoms with E-state index >= 15 is 0 Å². The molecule has 3 aliphatic carbocycles. The van der Waals surface area contributed by atoms with Crippen LogP contribution < -0.4 is 0 Å². The van der Waals surface area contributed by atoms with Gasteiger partial charge in [-0.3, -0.25) is 9.59 Å². The molecule has 2 bridgehead atoms. The van der Waals surface area contributed by atoms with Crippen LogP contribution in [-0.2, 0) is 19.1 Å². The van der Waals surface area contributed by atoms with Gasteiger partial charge in [0.25, 0.3) is 0 Å². The van der Waals surface area contributed by atoms with E-state index in [-0.39, 0.29) is 11.9 Å². The van der Waals surface area contributed by atoms with Crippen LogP contribution >= 0.6 is 0 Å². The predicted octanol–water partition coefficient (Wildman–Crippen LogP) is 2.45. The monoisotopic (exact) mass is 254 g/mol. The lowest BCUT2D eigenvalue weighted by Gasteiger charge is -2.57. The first kappa shape index (κ1) is 13.4. The van der Waals surface area contributed by atoms with Crippen molar-refractivity contribution in [2.75, 3.05) is 7.11 Å². The van der Waals surface area contributed by atoms with Crippen molar-refractivity contribution in [2.45, 2.75) is 58.5 Å². The molecular weight excluding hydrogens is 232 g/mol. The van der Waals surface area contributed by atoms with E-state index in [9.17, 15) is 9.59 Å². The average Bonchev–Trinajstić information content (AvgIpc) is 2.24. The van der Waals surface area contributed by atoms with Gasteiger partial charge in [-0.05, 0) is 46.5 Å². The smallest absolute Gasteiger partial charge is 0.312 e. The Hall–Kier alpha value is -1.06.